The van der Waals surface area contributed by atoms with Crippen LogP contribution in [0.1, 0.15) is 24.4 Å². The van der Waals surface area contributed by atoms with Crippen molar-refractivity contribution in [2.75, 3.05) is 32.8 Å². The highest BCUT2D eigenvalue weighted by Crippen LogP contribution is 2.22. The summed E-state index contributed by atoms with van der Waals surface area (Å²) in [6, 6.07) is 3.07. The molecule has 25 heavy (non-hydrogen) atoms. The van der Waals surface area contributed by atoms with Gasteiger partial charge in [0, 0.05) is 19.5 Å². The topological polar surface area (TPSA) is 92.1 Å². The Hall–Kier alpha value is -2.35. The van der Waals surface area contributed by atoms with Crippen LogP contribution in [0.5, 0.6) is 0 Å². The lowest BCUT2D eigenvalue weighted by molar-refractivity contribution is -0.138. The van der Waals surface area contributed by atoms with Crippen LogP contribution in [0.25, 0.3) is 0 Å². The van der Waals surface area contributed by atoms with E-state index in [1.807, 2.05) is 13.0 Å². The molecule has 2 aliphatic rings. The molecule has 1 unspecified atom stereocenters. The number of nitrogens with zero attached hydrogens (tertiary/aromatic N) is 2. The zero-order valence-corrected chi connectivity index (χ0v) is 14.3. The van der Waals surface area contributed by atoms with Gasteiger partial charge in [0.05, 0.1) is 26.3 Å². The van der Waals surface area contributed by atoms with Crippen molar-refractivity contribution in [1.82, 2.24) is 15.1 Å². The molecule has 2 fully saturated rings. The number of furan rings is 1. The van der Waals surface area contributed by atoms with Crippen LogP contribution >= 0.6 is 0 Å². The highest BCUT2D eigenvalue weighted by Gasteiger charge is 2.36. The van der Waals surface area contributed by atoms with Crippen LogP contribution < -0.4 is 5.32 Å². The van der Waals surface area contributed by atoms with Crippen molar-refractivity contribution in [2.45, 2.75) is 32.4 Å². The van der Waals surface area contributed by atoms with E-state index in [9.17, 15) is 14.4 Å². The predicted octanol–water partition coefficient (Wildman–Crippen LogP) is 0.0540. The van der Waals surface area contributed by atoms with Gasteiger partial charge in [-0.1, -0.05) is 0 Å². The number of nitrogens with one attached hydrogen (secondary N) is 1. The highest BCUT2D eigenvalue weighted by atomic mass is 16.5. The molecular weight excluding hydrogens is 326 g/mol. The smallest absolute Gasteiger partial charge is 0.243 e. The Kier molecular flexibility index (Phi) is 5.37. The molecule has 0 aromatic carbocycles. The van der Waals surface area contributed by atoms with Crippen LogP contribution in [0.3, 0.4) is 0 Å². The van der Waals surface area contributed by atoms with Gasteiger partial charge in [-0.25, -0.2) is 0 Å². The molecule has 3 heterocycles. The van der Waals surface area contributed by atoms with Gasteiger partial charge in [-0.2, -0.15) is 0 Å². The number of ether oxygens (including phenoxy) is 1. The standard InChI is InChI=1S/C17H23N3O5/c1-12-2-3-13(25-12)11-20-14(4-5-15(20)21)17(23)18-10-16(22)19-6-8-24-9-7-19/h2-3,14H,4-11H2,1H3,(H,18,23). The molecular formula is C17H23N3O5. The molecule has 1 aromatic heterocycles. The molecule has 8 nitrogen and oxygen atoms in total. The largest absolute Gasteiger partial charge is 0.464 e. The Morgan fingerprint density at radius 3 is 2.72 bits per heavy atom. The summed E-state index contributed by atoms with van der Waals surface area (Å²) in [6.07, 6.45) is 0.783. The number of morpholine rings is 1. The number of carbonyl (C=O) groups is 3. The third-order valence-electron chi connectivity index (χ3n) is 4.53. The van der Waals surface area contributed by atoms with E-state index in [0.29, 0.717) is 44.9 Å². The average molecular weight is 349 g/mol. The molecule has 8 heteroatoms. The maximum absolute atomic E-state index is 12.5. The van der Waals surface area contributed by atoms with Gasteiger partial charge >= 0.3 is 0 Å². The number of hydrogen-bond donors (Lipinski definition) is 1. The summed E-state index contributed by atoms with van der Waals surface area (Å²) in [5, 5.41) is 2.67. The number of hydrogen-bond acceptors (Lipinski definition) is 5. The van der Waals surface area contributed by atoms with Crippen LogP contribution in [0.15, 0.2) is 16.5 Å². The van der Waals surface area contributed by atoms with Gasteiger partial charge < -0.3 is 24.3 Å². The van der Waals surface area contributed by atoms with E-state index in [-0.39, 0.29) is 30.8 Å². The molecule has 2 aliphatic heterocycles. The number of aryl methyl sites for hydroxylation is 1. The minimum atomic E-state index is -0.560. The van der Waals surface area contributed by atoms with Gasteiger partial charge in [0.25, 0.3) is 0 Å². The molecule has 1 aromatic rings. The van der Waals surface area contributed by atoms with Crippen molar-refractivity contribution in [3.63, 3.8) is 0 Å². The van der Waals surface area contributed by atoms with Crippen molar-refractivity contribution in [1.29, 1.82) is 0 Å². The zero-order valence-electron chi connectivity index (χ0n) is 14.3. The summed E-state index contributed by atoms with van der Waals surface area (Å²) in [6.45, 7) is 4.16. The predicted molar refractivity (Wildman–Crippen MR) is 87.4 cm³/mol. The average Bonchev–Trinajstić information content (AvgIpc) is 3.20. The van der Waals surface area contributed by atoms with Crippen LogP contribution in [-0.2, 0) is 25.7 Å². The number of amides is 3. The van der Waals surface area contributed by atoms with Crippen LogP contribution in [-0.4, -0.2) is 66.4 Å². The molecule has 0 bridgehead atoms. The molecule has 0 saturated carbocycles. The first kappa shape index (κ1) is 17.5. The van der Waals surface area contributed by atoms with Gasteiger partial charge in [-0.15, -0.1) is 0 Å². The lowest BCUT2D eigenvalue weighted by Crippen LogP contribution is -2.49. The quantitative estimate of drug-likeness (QED) is 0.811. The molecule has 3 amide bonds. The lowest BCUT2D eigenvalue weighted by Gasteiger charge is -2.27. The molecule has 0 radical (unpaired) electrons. The Balaban J connectivity index is 1.54. The number of rotatable bonds is 5. The van der Waals surface area contributed by atoms with Gasteiger partial charge in [-0.05, 0) is 25.5 Å². The Bertz CT molecular complexity index is 650. The van der Waals surface area contributed by atoms with E-state index >= 15 is 0 Å². The van der Waals surface area contributed by atoms with Crippen LogP contribution in [0.2, 0.25) is 0 Å². The monoisotopic (exact) mass is 349 g/mol. The Labute approximate surface area is 146 Å². The normalized spacial score (nSPS) is 20.8. The Morgan fingerprint density at radius 1 is 1.28 bits per heavy atom. The first-order valence-corrected chi connectivity index (χ1v) is 8.52. The summed E-state index contributed by atoms with van der Waals surface area (Å²) in [7, 11) is 0. The number of carbonyl (C=O) groups excluding carboxylic acids is 3. The summed E-state index contributed by atoms with van der Waals surface area (Å²) in [5.41, 5.74) is 0. The summed E-state index contributed by atoms with van der Waals surface area (Å²) < 4.78 is 10.7. The maximum Gasteiger partial charge on any atom is 0.243 e. The van der Waals surface area contributed by atoms with Crippen molar-refractivity contribution in [2.24, 2.45) is 0 Å². The van der Waals surface area contributed by atoms with Crippen molar-refractivity contribution in [3.8, 4) is 0 Å². The second-order valence-corrected chi connectivity index (χ2v) is 6.30. The van der Waals surface area contributed by atoms with E-state index in [4.69, 9.17) is 9.15 Å². The lowest BCUT2D eigenvalue weighted by atomic mass is 10.2. The van der Waals surface area contributed by atoms with Crippen LogP contribution in [0, 0.1) is 6.92 Å². The second kappa shape index (κ2) is 7.69. The van der Waals surface area contributed by atoms with E-state index < -0.39 is 6.04 Å². The van der Waals surface area contributed by atoms with Crippen molar-refractivity contribution < 1.29 is 23.5 Å². The van der Waals surface area contributed by atoms with E-state index in [1.165, 1.54) is 4.90 Å². The summed E-state index contributed by atoms with van der Waals surface area (Å²) in [5.74, 6) is 0.910. The SMILES string of the molecule is Cc1ccc(CN2C(=O)CCC2C(=O)NCC(=O)N2CCOCC2)o1. The molecule has 136 valence electrons. The van der Waals surface area contributed by atoms with Gasteiger partial charge in [0.2, 0.25) is 17.7 Å². The maximum atomic E-state index is 12.5. The minimum Gasteiger partial charge on any atom is -0.464 e. The fourth-order valence-corrected chi connectivity index (χ4v) is 3.15. The van der Waals surface area contributed by atoms with E-state index in [1.54, 1.807) is 11.0 Å². The van der Waals surface area contributed by atoms with E-state index in [0.717, 1.165) is 5.76 Å². The van der Waals surface area contributed by atoms with E-state index in [2.05, 4.69) is 5.32 Å². The molecule has 2 saturated heterocycles. The molecule has 0 spiro atoms. The van der Waals surface area contributed by atoms with Crippen LogP contribution in [0.4, 0.5) is 0 Å². The van der Waals surface area contributed by atoms with Crippen molar-refractivity contribution in [3.05, 3.63) is 23.7 Å². The van der Waals surface area contributed by atoms with Gasteiger partial charge in [0.15, 0.2) is 0 Å². The minimum absolute atomic E-state index is 0.0583. The van der Waals surface area contributed by atoms with Gasteiger partial charge in [-0.3, -0.25) is 14.4 Å². The summed E-state index contributed by atoms with van der Waals surface area (Å²) >= 11 is 0. The third kappa shape index (κ3) is 4.19. The van der Waals surface area contributed by atoms with Gasteiger partial charge in [0.1, 0.15) is 17.6 Å². The second-order valence-electron chi connectivity index (χ2n) is 6.30. The molecule has 1 atom stereocenters. The number of likely N-dealkylation sites (tertiary alicyclic amines) is 1. The first-order valence-electron chi connectivity index (χ1n) is 8.52. The molecule has 1 N–H and O–H groups in total. The first-order chi connectivity index (χ1) is 12.0. The molecule has 3 rings (SSSR count). The molecule has 0 aliphatic carbocycles. The zero-order chi connectivity index (χ0) is 17.8. The summed E-state index contributed by atoms with van der Waals surface area (Å²) in [4.78, 5) is 39.9. The third-order valence-corrected chi connectivity index (χ3v) is 4.53. The highest BCUT2D eigenvalue weighted by molar-refractivity contribution is 5.92. The van der Waals surface area contributed by atoms with Crippen molar-refractivity contribution >= 4 is 17.7 Å². The fourth-order valence-electron chi connectivity index (χ4n) is 3.15. The Morgan fingerprint density at radius 2 is 2.04 bits per heavy atom. The fraction of sp³-hybridized carbons (Fsp3) is 0.588.